The molecule has 2 heterocycles. The van der Waals surface area contributed by atoms with Crippen molar-refractivity contribution < 1.29 is 4.92 Å². The molecule has 0 fully saturated rings. The number of pyridine rings is 1. The Morgan fingerprint density at radius 3 is 3.06 bits per heavy atom. The average Bonchev–Trinajstić information content (AvgIpc) is 2.73. The quantitative estimate of drug-likeness (QED) is 0.665. The van der Waals surface area contributed by atoms with Crippen molar-refractivity contribution in [3.05, 3.63) is 44.5 Å². The zero-order valence-corrected chi connectivity index (χ0v) is 9.90. The van der Waals surface area contributed by atoms with Crippen molar-refractivity contribution in [1.29, 1.82) is 0 Å². The van der Waals surface area contributed by atoms with E-state index in [4.69, 9.17) is 0 Å². The van der Waals surface area contributed by atoms with Crippen LogP contribution in [0.2, 0.25) is 0 Å². The average molecular weight is 250 g/mol. The maximum atomic E-state index is 10.6. The first-order valence-electron chi connectivity index (χ1n) is 4.90. The maximum Gasteiger partial charge on any atom is 0.274 e. The number of hydrogen-bond donors (Lipinski definition) is 1. The molecule has 1 N–H and O–H groups in total. The van der Waals surface area contributed by atoms with Crippen LogP contribution in [0.4, 0.5) is 11.5 Å². The van der Waals surface area contributed by atoms with Crippen LogP contribution < -0.4 is 5.32 Å². The summed E-state index contributed by atoms with van der Waals surface area (Å²) >= 11 is 1.57. The Hall–Kier alpha value is -2.02. The normalized spacial score (nSPS) is 10.2. The molecule has 0 saturated heterocycles. The number of thiazole rings is 1. The van der Waals surface area contributed by atoms with Crippen LogP contribution in [0.1, 0.15) is 10.7 Å². The Morgan fingerprint density at radius 1 is 1.59 bits per heavy atom. The van der Waals surface area contributed by atoms with E-state index in [-0.39, 0.29) is 5.69 Å². The molecular weight excluding hydrogens is 240 g/mol. The monoisotopic (exact) mass is 250 g/mol. The highest BCUT2D eigenvalue weighted by molar-refractivity contribution is 7.09. The molecule has 0 spiro atoms. The molecule has 0 aliphatic carbocycles. The van der Waals surface area contributed by atoms with Gasteiger partial charge >= 0.3 is 0 Å². The van der Waals surface area contributed by atoms with Gasteiger partial charge in [0.05, 0.1) is 28.2 Å². The molecule has 0 aliphatic rings. The molecular formula is C10H10N4O2S. The fourth-order valence-electron chi connectivity index (χ4n) is 1.30. The third-order valence-corrected chi connectivity index (χ3v) is 2.89. The Morgan fingerprint density at radius 2 is 2.41 bits per heavy atom. The number of rotatable bonds is 4. The van der Waals surface area contributed by atoms with Crippen molar-refractivity contribution in [1.82, 2.24) is 9.97 Å². The second kappa shape index (κ2) is 4.88. The van der Waals surface area contributed by atoms with Crippen LogP contribution in [0, 0.1) is 17.0 Å². The summed E-state index contributed by atoms with van der Waals surface area (Å²) in [6.07, 6.45) is 1.41. The highest BCUT2D eigenvalue weighted by Gasteiger charge is 2.06. The summed E-state index contributed by atoms with van der Waals surface area (Å²) in [6, 6.07) is 2.76. The van der Waals surface area contributed by atoms with E-state index in [1.54, 1.807) is 11.3 Å². The fourth-order valence-corrected chi connectivity index (χ4v) is 1.91. The smallest absolute Gasteiger partial charge is 0.274 e. The minimum atomic E-state index is -0.445. The molecule has 0 aliphatic heterocycles. The van der Waals surface area contributed by atoms with Crippen LogP contribution in [0.15, 0.2) is 23.7 Å². The van der Waals surface area contributed by atoms with Crippen molar-refractivity contribution >= 4 is 22.8 Å². The molecule has 88 valence electrons. The van der Waals surface area contributed by atoms with Gasteiger partial charge in [-0.2, -0.15) is 0 Å². The lowest BCUT2D eigenvalue weighted by atomic mass is 10.4. The first kappa shape index (κ1) is 11.5. The predicted molar refractivity (Wildman–Crippen MR) is 65.1 cm³/mol. The first-order chi connectivity index (χ1) is 8.15. The van der Waals surface area contributed by atoms with Crippen molar-refractivity contribution in [2.24, 2.45) is 0 Å². The van der Waals surface area contributed by atoms with Gasteiger partial charge in [-0.05, 0) is 6.92 Å². The lowest BCUT2D eigenvalue weighted by Gasteiger charge is -2.02. The largest absolute Gasteiger partial charge is 0.364 e. The van der Waals surface area contributed by atoms with Gasteiger partial charge in [-0.1, -0.05) is 0 Å². The van der Waals surface area contributed by atoms with Gasteiger partial charge in [0.25, 0.3) is 5.69 Å². The minimum absolute atomic E-state index is 0.0250. The number of nitrogens with one attached hydrogen (secondary N) is 1. The molecule has 6 nitrogen and oxygen atoms in total. The van der Waals surface area contributed by atoms with Gasteiger partial charge in [-0.25, -0.2) is 9.97 Å². The summed E-state index contributed by atoms with van der Waals surface area (Å²) in [6.45, 7) is 2.44. The van der Waals surface area contributed by atoms with Crippen LogP contribution >= 0.6 is 11.3 Å². The van der Waals surface area contributed by atoms with Gasteiger partial charge in [0, 0.05) is 17.6 Å². The van der Waals surface area contributed by atoms with E-state index >= 15 is 0 Å². The van der Waals surface area contributed by atoms with Crippen LogP contribution in [0.25, 0.3) is 0 Å². The van der Waals surface area contributed by atoms with Gasteiger partial charge < -0.3 is 5.32 Å². The van der Waals surface area contributed by atoms with E-state index in [0.29, 0.717) is 12.4 Å². The lowest BCUT2D eigenvalue weighted by Crippen LogP contribution is -2.02. The Labute approximate surface area is 102 Å². The van der Waals surface area contributed by atoms with Gasteiger partial charge in [-0.3, -0.25) is 10.1 Å². The molecule has 0 amide bonds. The number of hydrogen-bond acceptors (Lipinski definition) is 6. The molecule has 17 heavy (non-hydrogen) atoms. The fraction of sp³-hybridized carbons (Fsp3) is 0.200. The van der Waals surface area contributed by atoms with Gasteiger partial charge in [0.2, 0.25) is 0 Å². The molecule has 2 aromatic heterocycles. The summed E-state index contributed by atoms with van der Waals surface area (Å²) in [7, 11) is 0. The van der Waals surface area contributed by atoms with E-state index in [9.17, 15) is 10.1 Å². The number of nitro groups is 1. The van der Waals surface area contributed by atoms with Crippen LogP contribution in [-0.2, 0) is 6.54 Å². The first-order valence-corrected chi connectivity index (χ1v) is 5.78. The Kier molecular flexibility index (Phi) is 3.29. The third-order valence-electron chi connectivity index (χ3n) is 2.07. The van der Waals surface area contributed by atoms with Crippen LogP contribution in [0.3, 0.4) is 0 Å². The third kappa shape index (κ3) is 2.97. The van der Waals surface area contributed by atoms with Gasteiger partial charge in [-0.15, -0.1) is 11.3 Å². The molecule has 0 saturated carbocycles. The molecule has 0 atom stereocenters. The number of nitrogens with zero attached hydrogens (tertiary/aromatic N) is 3. The molecule has 2 aromatic rings. The minimum Gasteiger partial charge on any atom is -0.364 e. The zero-order chi connectivity index (χ0) is 12.3. The van der Waals surface area contributed by atoms with E-state index < -0.39 is 4.92 Å². The lowest BCUT2D eigenvalue weighted by molar-refractivity contribution is -0.384. The second-order valence-electron chi connectivity index (χ2n) is 3.37. The molecule has 2 rings (SSSR count). The molecule has 0 unspecified atom stereocenters. The highest BCUT2D eigenvalue weighted by Crippen LogP contribution is 2.15. The second-order valence-corrected chi connectivity index (χ2v) is 4.43. The van der Waals surface area contributed by atoms with Gasteiger partial charge in [0.15, 0.2) is 0 Å². The topological polar surface area (TPSA) is 81.0 Å². The van der Waals surface area contributed by atoms with Crippen molar-refractivity contribution in [3.63, 3.8) is 0 Å². The van der Waals surface area contributed by atoms with E-state index in [0.717, 1.165) is 10.7 Å². The van der Waals surface area contributed by atoms with Crippen LogP contribution in [0.5, 0.6) is 0 Å². The highest BCUT2D eigenvalue weighted by atomic mass is 32.1. The summed E-state index contributed by atoms with van der Waals surface area (Å²) < 4.78 is 0. The summed E-state index contributed by atoms with van der Waals surface area (Å²) in [5.41, 5.74) is 0.928. The van der Waals surface area contributed by atoms with E-state index in [1.165, 1.54) is 18.3 Å². The molecule has 0 aromatic carbocycles. The number of aryl methyl sites for hydroxylation is 1. The standard InChI is InChI=1S/C10H10N4O2S/c1-7-13-8(6-17-7)5-12-10-4-9(14(15)16)2-3-11-10/h2-4,6H,5H2,1H3,(H,11,12). The Balaban J connectivity index is 2.04. The summed E-state index contributed by atoms with van der Waals surface area (Å²) in [5.74, 6) is 0.477. The number of anilines is 1. The molecule has 0 bridgehead atoms. The van der Waals surface area contributed by atoms with E-state index in [1.807, 2.05) is 12.3 Å². The zero-order valence-electron chi connectivity index (χ0n) is 9.08. The van der Waals surface area contributed by atoms with Crippen molar-refractivity contribution in [3.8, 4) is 0 Å². The molecule has 7 heteroatoms. The van der Waals surface area contributed by atoms with Crippen molar-refractivity contribution in [2.75, 3.05) is 5.32 Å². The number of aromatic nitrogens is 2. The summed E-state index contributed by atoms with van der Waals surface area (Å²) in [5, 5.41) is 16.5. The Bertz CT molecular complexity index is 541. The van der Waals surface area contributed by atoms with Crippen molar-refractivity contribution in [2.45, 2.75) is 13.5 Å². The predicted octanol–water partition coefficient (Wildman–Crippen LogP) is 2.37. The van der Waals surface area contributed by atoms with Crippen LogP contribution in [-0.4, -0.2) is 14.9 Å². The van der Waals surface area contributed by atoms with E-state index in [2.05, 4.69) is 15.3 Å². The SMILES string of the molecule is Cc1nc(CNc2cc([N+](=O)[O-])ccn2)cs1. The molecule has 0 radical (unpaired) electrons. The van der Waals surface area contributed by atoms with Gasteiger partial charge in [0.1, 0.15) is 5.82 Å². The maximum absolute atomic E-state index is 10.6. The summed E-state index contributed by atoms with van der Waals surface area (Å²) in [4.78, 5) is 18.4.